The highest BCUT2D eigenvalue weighted by molar-refractivity contribution is 9.08. The minimum Gasteiger partial charge on any atom is -0.493 e. The third-order valence-corrected chi connectivity index (χ3v) is 7.38. The number of carbonyl (C=O) groups is 2. The Bertz CT molecular complexity index is 1160. The number of nitrogens with two attached hydrogens (primary N) is 1. The molecule has 39 heavy (non-hydrogen) atoms. The van der Waals surface area contributed by atoms with Crippen molar-refractivity contribution in [2.24, 2.45) is 15.7 Å². The van der Waals surface area contributed by atoms with Gasteiger partial charge in [-0.05, 0) is 41.9 Å². The summed E-state index contributed by atoms with van der Waals surface area (Å²) in [5.41, 5.74) is 7.54. The van der Waals surface area contributed by atoms with Crippen molar-refractivity contribution in [3.8, 4) is 11.5 Å². The van der Waals surface area contributed by atoms with Crippen molar-refractivity contribution in [2.75, 3.05) is 40.5 Å². The second kappa shape index (κ2) is 13.9. The highest BCUT2D eigenvalue weighted by atomic mass is 79.9. The van der Waals surface area contributed by atoms with Gasteiger partial charge in [-0.2, -0.15) is 4.02 Å². The van der Waals surface area contributed by atoms with Crippen LogP contribution in [-0.4, -0.2) is 62.9 Å². The van der Waals surface area contributed by atoms with Gasteiger partial charge in [0.1, 0.15) is 5.84 Å². The Morgan fingerprint density at radius 1 is 1.13 bits per heavy atom. The summed E-state index contributed by atoms with van der Waals surface area (Å²) >= 11 is 3.34. The van der Waals surface area contributed by atoms with Crippen molar-refractivity contribution < 1.29 is 23.8 Å². The molecule has 212 valence electrons. The van der Waals surface area contributed by atoms with Crippen LogP contribution in [0.4, 0.5) is 0 Å². The Morgan fingerprint density at radius 2 is 1.85 bits per heavy atom. The molecule has 1 aliphatic heterocycles. The van der Waals surface area contributed by atoms with E-state index in [1.54, 1.807) is 20.3 Å². The van der Waals surface area contributed by atoms with Gasteiger partial charge < -0.3 is 24.8 Å². The fourth-order valence-corrected chi connectivity index (χ4v) is 5.53. The molecular formula is C30H40BrN3O5. The number of hydrogen-bond acceptors (Lipinski definition) is 6. The van der Waals surface area contributed by atoms with Crippen molar-refractivity contribution >= 4 is 33.7 Å². The smallest absolute Gasteiger partial charge is 0.217 e. The number of nitrogens with zero attached hydrogens (tertiary/aromatic N) is 2. The number of ether oxygens (including phenoxy) is 3. The van der Waals surface area contributed by atoms with Crippen LogP contribution >= 0.6 is 16.1 Å². The molecule has 0 saturated carbocycles. The van der Waals surface area contributed by atoms with Gasteiger partial charge in [0.05, 0.1) is 36.4 Å². The van der Waals surface area contributed by atoms with E-state index in [1.165, 1.54) is 0 Å². The quantitative estimate of drug-likeness (QED) is 0.247. The molecule has 1 saturated heterocycles. The third-order valence-electron chi connectivity index (χ3n) is 7.02. The van der Waals surface area contributed by atoms with E-state index < -0.39 is 0 Å². The number of Topliss-reactive ketones (excluding diaryl/α,β-unsaturated/α-hetero) is 1. The van der Waals surface area contributed by atoms with Gasteiger partial charge in [0.25, 0.3) is 0 Å². The lowest BCUT2D eigenvalue weighted by atomic mass is 9.84. The van der Waals surface area contributed by atoms with Crippen LogP contribution in [0, 0.1) is 5.92 Å². The van der Waals surface area contributed by atoms with E-state index in [0.717, 1.165) is 23.4 Å². The van der Waals surface area contributed by atoms with Crippen LogP contribution in [0.25, 0.3) is 0 Å². The number of benzene rings is 2. The first-order valence-electron chi connectivity index (χ1n) is 13.2. The summed E-state index contributed by atoms with van der Waals surface area (Å²) in [5.74, 6) is 1.79. The number of hydrogen-bond donors (Lipinski definition) is 1. The molecule has 0 unspecified atom stereocenters. The van der Waals surface area contributed by atoms with Crippen LogP contribution in [0.15, 0.2) is 46.5 Å². The fourth-order valence-electron chi connectivity index (χ4n) is 5.08. The molecule has 3 rings (SSSR count). The molecule has 2 aromatic carbocycles. The van der Waals surface area contributed by atoms with Crippen LogP contribution in [-0.2, 0) is 14.9 Å². The van der Waals surface area contributed by atoms with Crippen molar-refractivity contribution in [1.82, 2.24) is 4.90 Å². The number of ketones is 1. The molecule has 1 aliphatic rings. The van der Waals surface area contributed by atoms with Gasteiger partial charge in [0.2, 0.25) is 5.91 Å². The third kappa shape index (κ3) is 7.82. The molecule has 2 aromatic rings. The SMILES string of the molecule is COCC[C@H]1CN(CC(=O)c2cc(OCCCC(N)=O)c(OC)c(C(C)(C)C)c2)/C(=N\Br)[C@@H]1c1ccccc1. The lowest BCUT2D eigenvalue weighted by Gasteiger charge is -2.25. The number of amides is 1. The second-order valence-electron chi connectivity index (χ2n) is 10.9. The summed E-state index contributed by atoms with van der Waals surface area (Å²) < 4.78 is 21.6. The van der Waals surface area contributed by atoms with Crippen LogP contribution in [0.3, 0.4) is 0 Å². The average Bonchev–Trinajstić information content (AvgIpc) is 3.25. The zero-order valence-electron chi connectivity index (χ0n) is 23.5. The molecule has 0 spiro atoms. The Morgan fingerprint density at radius 3 is 2.44 bits per heavy atom. The molecule has 1 amide bonds. The Hall–Kier alpha value is -2.91. The number of primary amides is 1. The number of rotatable bonds is 13. The molecule has 0 bridgehead atoms. The molecule has 0 radical (unpaired) electrons. The minimum absolute atomic E-state index is 0.0435. The Labute approximate surface area is 240 Å². The van der Waals surface area contributed by atoms with Crippen LogP contribution in [0.2, 0.25) is 0 Å². The lowest BCUT2D eigenvalue weighted by molar-refractivity contribution is -0.118. The highest BCUT2D eigenvalue weighted by Crippen LogP contribution is 2.41. The van der Waals surface area contributed by atoms with E-state index in [0.29, 0.717) is 36.6 Å². The first-order chi connectivity index (χ1) is 18.6. The van der Waals surface area contributed by atoms with E-state index in [4.69, 9.17) is 19.9 Å². The minimum atomic E-state index is -0.377. The molecule has 0 aromatic heterocycles. The van der Waals surface area contributed by atoms with E-state index in [2.05, 4.69) is 58.0 Å². The molecular weight excluding hydrogens is 562 g/mol. The zero-order chi connectivity index (χ0) is 28.6. The van der Waals surface area contributed by atoms with Crippen LogP contribution < -0.4 is 15.2 Å². The Balaban J connectivity index is 1.91. The predicted molar refractivity (Wildman–Crippen MR) is 157 cm³/mol. The molecule has 1 fully saturated rings. The number of halogens is 1. The van der Waals surface area contributed by atoms with E-state index in [1.807, 2.05) is 24.3 Å². The fraction of sp³-hybridized carbons (Fsp3) is 0.500. The average molecular weight is 603 g/mol. The van der Waals surface area contributed by atoms with Gasteiger partial charge in [-0.25, -0.2) is 0 Å². The summed E-state index contributed by atoms with van der Waals surface area (Å²) in [6.45, 7) is 7.99. The molecule has 8 nitrogen and oxygen atoms in total. The summed E-state index contributed by atoms with van der Waals surface area (Å²) in [4.78, 5) is 27.0. The zero-order valence-corrected chi connectivity index (χ0v) is 25.1. The monoisotopic (exact) mass is 601 g/mol. The number of amidine groups is 1. The molecule has 1 heterocycles. The normalized spacial score (nSPS) is 18.4. The van der Waals surface area contributed by atoms with Gasteiger partial charge in [-0.15, -0.1) is 0 Å². The standard InChI is InChI=1S/C30H40BrN3O5/c1-30(2,3)23-16-22(17-25(28(23)38-5)39-14-9-12-26(32)36)24(35)19-34-18-21(13-15-37-4)27(29(34)33-31)20-10-7-6-8-11-20/h6-8,10-11,16-17,21,27H,9,12-15,18-19H2,1-5H3,(H2,32,36)/b33-29-/t21-,27+/m0/s1. The maximum absolute atomic E-state index is 13.8. The van der Waals surface area contributed by atoms with Crippen molar-refractivity contribution in [3.63, 3.8) is 0 Å². The Kier molecular flexibility index (Phi) is 10.9. The topological polar surface area (TPSA) is 103 Å². The van der Waals surface area contributed by atoms with E-state index in [-0.39, 0.29) is 48.5 Å². The van der Waals surface area contributed by atoms with E-state index >= 15 is 0 Å². The highest BCUT2D eigenvalue weighted by Gasteiger charge is 2.40. The number of likely N-dealkylation sites (tertiary alicyclic amines) is 1. The predicted octanol–water partition coefficient (Wildman–Crippen LogP) is 5.28. The first kappa shape index (κ1) is 30.6. The van der Waals surface area contributed by atoms with Crippen molar-refractivity contribution in [2.45, 2.75) is 51.4 Å². The maximum Gasteiger partial charge on any atom is 0.217 e. The molecule has 2 atom stereocenters. The number of methoxy groups -OCH3 is 2. The van der Waals surface area contributed by atoms with Crippen molar-refractivity contribution in [3.05, 3.63) is 59.2 Å². The van der Waals surface area contributed by atoms with Crippen LogP contribution in [0.5, 0.6) is 11.5 Å². The summed E-state index contributed by atoms with van der Waals surface area (Å²) in [6, 6.07) is 13.9. The van der Waals surface area contributed by atoms with Gasteiger partial charge in [0.15, 0.2) is 17.3 Å². The van der Waals surface area contributed by atoms with Gasteiger partial charge in [0, 0.05) is 43.7 Å². The molecule has 9 heteroatoms. The van der Waals surface area contributed by atoms with Gasteiger partial charge in [-0.1, -0.05) is 51.1 Å². The largest absolute Gasteiger partial charge is 0.493 e. The van der Waals surface area contributed by atoms with Crippen molar-refractivity contribution in [1.29, 1.82) is 0 Å². The molecule has 0 aliphatic carbocycles. The van der Waals surface area contributed by atoms with E-state index in [9.17, 15) is 9.59 Å². The number of carbonyl (C=O) groups excluding carboxylic acids is 2. The summed E-state index contributed by atoms with van der Waals surface area (Å²) in [5, 5.41) is 0. The van der Waals surface area contributed by atoms with Gasteiger partial charge in [-0.3, -0.25) is 9.59 Å². The second-order valence-corrected chi connectivity index (χ2v) is 11.3. The van der Waals surface area contributed by atoms with Crippen LogP contribution in [0.1, 0.15) is 67.4 Å². The summed E-state index contributed by atoms with van der Waals surface area (Å²) in [7, 11) is 3.30. The summed E-state index contributed by atoms with van der Waals surface area (Å²) in [6.07, 6.45) is 1.56. The van der Waals surface area contributed by atoms with Gasteiger partial charge >= 0.3 is 0 Å². The maximum atomic E-state index is 13.8. The lowest BCUT2D eigenvalue weighted by Crippen LogP contribution is -2.32. The first-order valence-corrected chi connectivity index (χ1v) is 14.0. The molecule has 2 N–H and O–H groups in total.